The second-order valence-corrected chi connectivity index (χ2v) is 4.66. The van der Waals surface area contributed by atoms with E-state index < -0.39 is 7.82 Å². The number of nitrogens with zero attached hydrogens (tertiary/aromatic N) is 1. The zero-order valence-corrected chi connectivity index (χ0v) is 11.1. The van der Waals surface area contributed by atoms with Crippen LogP contribution in [0.15, 0.2) is 66.0 Å². The van der Waals surface area contributed by atoms with Crippen LogP contribution in [-0.4, -0.2) is 10.1 Å². The molecule has 0 fully saturated rings. The zero-order chi connectivity index (χ0) is 14.8. The molecule has 8 heteroatoms. The SMILES string of the molecule is O=NO.O=P(O)(Oc1ccccc1)Oc1ccccc1. The fourth-order valence-electron chi connectivity index (χ4n) is 1.25. The molecule has 0 radical (unpaired) electrons. The molecule has 0 unspecified atom stereocenters. The van der Waals surface area contributed by atoms with E-state index in [1.54, 1.807) is 60.7 Å². The Balaban J connectivity index is 0.000000612. The minimum Gasteiger partial charge on any atom is -0.395 e. The first-order chi connectivity index (χ1) is 9.57. The van der Waals surface area contributed by atoms with Gasteiger partial charge in [0.25, 0.3) is 0 Å². The van der Waals surface area contributed by atoms with Crippen molar-refractivity contribution in [3.05, 3.63) is 65.6 Å². The summed E-state index contributed by atoms with van der Waals surface area (Å²) in [6.07, 6.45) is 0. The van der Waals surface area contributed by atoms with Crippen LogP contribution in [0.25, 0.3) is 0 Å². The molecular weight excluding hydrogens is 285 g/mol. The van der Waals surface area contributed by atoms with Gasteiger partial charge < -0.3 is 14.3 Å². The third kappa shape index (κ3) is 5.99. The maximum atomic E-state index is 11.7. The largest absolute Gasteiger partial charge is 0.584 e. The fraction of sp³-hybridized carbons (Fsp3) is 0. The molecule has 20 heavy (non-hydrogen) atoms. The Bertz CT molecular complexity index is 517. The first-order valence-electron chi connectivity index (χ1n) is 5.36. The van der Waals surface area contributed by atoms with Gasteiger partial charge >= 0.3 is 7.82 Å². The van der Waals surface area contributed by atoms with Crippen molar-refractivity contribution >= 4 is 7.82 Å². The first-order valence-corrected chi connectivity index (χ1v) is 6.86. The molecule has 0 amide bonds. The first kappa shape index (κ1) is 15.7. The predicted molar refractivity (Wildman–Crippen MR) is 71.5 cm³/mol. The Morgan fingerprint density at radius 3 is 1.45 bits per heavy atom. The molecule has 106 valence electrons. The van der Waals surface area contributed by atoms with Crippen LogP contribution in [0.3, 0.4) is 0 Å². The predicted octanol–water partition coefficient (Wildman–Crippen LogP) is 3.39. The molecule has 0 atom stereocenters. The van der Waals surface area contributed by atoms with E-state index in [1.807, 2.05) is 0 Å². The van der Waals surface area contributed by atoms with E-state index in [-0.39, 0.29) is 11.5 Å². The molecule has 7 nitrogen and oxygen atoms in total. The summed E-state index contributed by atoms with van der Waals surface area (Å²) in [5.41, 5.74) is 0. The monoisotopic (exact) mass is 297 g/mol. The van der Waals surface area contributed by atoms with Crippen molar-refractivity contribution in [2.24, 2.45) is 5.34 Å². The molecule has 0 spiro atoms. The van der Waals surface area contributed by atoms with Crippen LogP contribution in [0.5, 0.6) is 11.5 Å². The quantitative estimate of drug-likeness (QED) is 0.509. The van der Waals surface area contributed by atoms with Gasteiger partial charge in [0.2, 0.25) is 0 Å². The molecule has 0 aliphatic carbocycles. The topological polar surface area (TPSA) is 105 Å². The lowest BCUT2D eigenvalue weighted by molar-refractivity contribution is 0.291. The highest BCUT2D eigenvalue weighted by atomic mass is 31.2. The van der Waals surface area contributed by atoms with Crippen molar-refractivity contribution in [3.63, 3.8) is 0 Å². The summed E-state index contributed by atoms with van der Waals surface area (Å²) in [5.74, 6) is 0.573. The molecule has 0 heterocycles. The van der Waals surface area contributed by atoms with E-state index >= 15 is 0 Å². The second-order valence-electron chi connectivity index (χ2n) is 3.36. The zero-order valence-electron chi connectivity index (χ0n) is 10.2. The van der Waals surface area contributed by atoms with Crippen LogP contribution in [0.1, 0.15) is 0 Å². The summed E-state index contributed by atoms with van der Waals surface area (Å²) in [7, 11) is -4.14. The number of rotatable bonds is 4. The van der Waals surface area contributed by atoms with Crippen LogP contribution in [0, 0.1) is 4.91 Å². The van der Waals surface area contributed by atoms with Crippen molar-refractivity contribution in [2.75, 3.05) is 0 Å². The maximum absolute atomic E-state index is 11.7. The molecular formula is C12H12NO6P. The minimum atomic E-state index is -4.14. The Morgan fingerprint density at radius 1 is 0.850 bits per heavy atom. The molecule has 0 aliphatic rings. The average Bonchev–Trinajstić information content (AvgIpc) is 2.40. The number of hydrogen-bond acceptors (Lipinski definition) is 5. The number of hydrogen-bond donors (Lipinski definition) is 2. The third-order valence-electron chi connectivity index (χ3n) is 1.93. The van der Waals surface area contributed by atoms with Crippen molar-refractivity contribution in [3.8, 4) is 11.5 Å². The van der Waals surface area contributed by atoms with Gasteiger partial charge in [-0.3, -0.25) is 4.89 Å². The van der Waals surface area contributed by atoms with Gasteiger partial charge in [-0.1, -0.05) is 36.4 Å². The summed E-state index contributed by atoms with van der Waals surface area (Å²) < 4.78 is 21.5. The number of phosphoric ester groups is 1. The highest BCUT2D eigenvalue weighted by Gasteiger charge is 2.24. The smallest absolute Gasteiger partial charge is 0.395 e. The van der Waals surface area contributed by atoms with Gasteiger partial charge in [0.1, 0.15) is 11.5 Å². The summed E-state index contributed by atoms with van der Waals surface area (Å²) in [5, 5.41) is 7.89. The van der Waals surface area contributed by atoms with Crippen molar-refractivity contribution < 1.29 is 23.7 Å². The Kier molecular flexibility index (Phi) is 6.22. The molecule has 0 saturated heterocycles. The lowest BCUT2D eigenvalue weighted by Crippen LogP contribution is -1.99. The summed E-state index contributed by atoms with van der Waals surface area (Å²) in [6, 6.07) is 16.7. The third-order valence-corrected chi connectivity index (χ3v) is 2.81. The minimum absolute atomic E-state index is 0.286. The van der Waals surface area contributed by atoms with Crippen LogP contribution < -0.4 is 9.05 Å². The van der Waals surface area contributed by atoms with Gasteiger partial charge in [-0.05, 0) is 24.3 Å². The van der Waals surface area contributed by atoms with Gasteiger partial charge in [-0.15, -0.1) is 4.91 Å². The van der Waals surface area contributed by atoms with Gasteiger partial charge in [-0.25, -0.2) is 4.57 Å². The number of benzene rings is 2. The van der Waals surface area contributed by atoms with Crippen LogP contribution in [0.4, 0.5) is 0 Å². The summed E-state index contributed by atoms with van der Waals surface area (Å²) in [6.45, 7) is 0. The van der Waals surface area contributed by atoms with Crippen LogP contribution >= 0.6 is 7.82 Å². The highest BCUT2D eigenvalue weighted by molar-refractivity contribution is 7.48. The standard InChI is InChI=1S/C12H11O4P.HNO2/c13-17(14,15-11-7-3-1-4-8-11)16-12-9-5-2-6-10-12;2-1-3/h1-10H,(H,13,14);(H,2,3). The maximum Gasteiger partial charge on any atom is 0.584 e. The van der Waals surface area contributed by atoms with Crippen molar-refractivity contribution in [1.29, 1.82) is 0 Å². The number of para-hydroxylation sites is 2. The van der Waals surface area contributed by atoms with E-state index in [0.717, 1.165) is 0 Å². The summed E-state index contributed by atoms with van der Waals surface area (Å²) >= 11 is 0. The molecule has 2 rings (SSSR count). The molecule has 2 aromatic carbocycles. The molecule has 0 aromatic heterocycles. The molecule has 2 N–H and O–H groups in total. The van der Waals surface area contributed by atoms with Gasteiger partial charge in [0.15, 0.2) is 5.34 Å². The summed E-state index contributed by atoms with van der Waals surface area (Å²) in [4.78, 5) is 17.6. The average molecular weight is 297 g/mol. The normalized spacial score (nSPS) is 9.85. The van der Waals surface area contributed by atoms with E-state index in [9.17, 15) is 9.46 Å². The van der Waals surface area contributed by atoms with Gasteiger partial charge in [0.05, 0.1) is 0 Å². The van der Waals surface area contributed by atoms with E-state index in [1.165, 1.54) is 5.34 Å². The lowest BCUT2D eigenvalue weighted by atomic mass is 10.3. The van der Waals surface area contributed by atoms with E-state index in [0.29, 0.717) is 0 Å². The van der Waals surface area contributed by atoms with Crippen molar-refractivity contribution in [1.82, 2.24) is 0 Å². The van der Waals surface area contributed by atoms with Crippen LogP contribution in [-0.2, 0) is 4.57 Å². The highest BCUT2D eigenvalue weighted by Crippen LogP contribution is 2.43. The van der Waals surface area contributed by atoms with Gasteiger partial charge in [0, 0.05) is 0 Å². The molecule has 0 aliphatic heterocycles. The Morgan fingerprint density at radius 2 is 1.15 bits per heavy atom. The molecule has 2 aromatic rings. The van der Waals surface area contributed by atoms with E-state index in [2.05, 4.69) is 0 Å². The molecule has 0 saturated carbocycles. The van der Waals surface area contributed by atoms with Gasteiger partial charge in [-0.2, -0.15) is 0 Å². The fourth-order valence-corrected chi connectivity index (χ4v) is 2.06. The second kappa shape index (κ2) is 7.93. The van der Waals surface area contributed by atoms with Crippen LogP contribution in [0.2, 0.25) is 0 Å². The Hall–Kier alpha value is -2.37. The Labute approximate surface area is 115 Å². The lowest BCUT2D eigenvalue weighted by Gasteiger charge is -2.13. The van der Waals surface area contributed by atoms with E-state index in [4.69, 9.17) is 19.2 Å². The molecule has 0 bridgehead atoms. The van der Waals surface area contributed by atoms with Crippen molar-refractivity contribution in [2.45, 2.75) is 0 Å². The number of phosphoric acid groups is 1.